The summed E-state index contributed by atoms with van der Waals surface area (Å²) in [4.78, 5) is 27.4. The van der Waals surface area contributed by atoms with Crippen molar-refractivity contribution in [3.63, 3.8) is 0 Å². The molecule has 1 aromatic heterocycles. The molecule has 25 heavy (non-hydrogen) atoms. The number of amides is 2. The quantitative estimate of drug-likeness (QED) is 0.739. The summed E-state index contributed by atoms with van der Waals surface area (Å²) < 4.78 is 10.5. The van der Waals surface area contributed by atoms with E-state index in [1.54, 1.807) is 0 Å². The second-order valence-corrected chi connectivity index (χ2v) is 5.78. The molecule has 2 N–H and O–H groups in total. The van der Waals surface area contributed by atoms with Crippen molar-refractivity contribution in [3.05, 3.63) is 30.2 Å². The smallest absolute Gasteiger partial charge is 0.241 e. The summed E-state index contributed by atoms with van der Waals surface area (Å²) in [6, 6.07) is 7.37. The van der Waals surface area contributed by atoms with Gasteiger partial charge in [0, 0.05) is 24.3 Å². The highest BCUT2D eigenvalue weighted by molar-refractivity contribution is 5.84. The van der Waals surface area contributed by atoms with Gasteiger partial charge in [-0.25, -0.2) is 0 Å². The molecular weight excluding hydrogens is 324 g/mol. The Kier molecular flexibility index (Phi) is 5.27. The normalized spacial score (nSPS) is 13.3. The second kappa shape index (κ2) is 7.78. The standard InChI is InChI=1S/C17H20N4O4/c1-2-24-13-7-5-11(6-8-13)16-18-15(25-21-16)10-9-14(22)19-20-17(23)12-3-4-12/h5-8,12H,2-4,9-10H2,1H3,(H,19,22)(H,20,23). The number of rotatable bonds is 7. The summed E-state index contributed by atoms with van der Waals surface area (Å²) in [5.74, 6) is 1.22. The number of carbonyl (C=O) groups excluding carboxylic acids is 2. The third-order valence-electron chi connectivity index (χ3n) is 3.73. The number of hydrogen-bond donors (Lipinski definition) is 2. The van der Waals surface area contributed by atoms with E-state index in [-0.39, 0.29) is 24.2 Å². The first kappa shape index (κ1) is 16.9. The van der Waals surface area contributed by atoms with Gasteiger partial charge in [-0.1, -0.05) is 5.16 Å². The van der Waals surface area contributed by atoms with E-state index in [2.05, 4.69) is 21.0 Å². The van der Waals surface area contributed by atoms with E-state index in [0.717, 1.165) is 24.2 Å². The third-order valence-corrected chi connectivity index (χ3v) is 3.73. The lowest BCUT2D eigenvalue weighted by atomic mass is 10.2. The van der Waals surface area contributed by atoms with E-state index in [1.807, 2.05) is 31.2 Å². The molecule has 1 heterocycles. The van der Waals surface area contributed by atoms with Gasteiger partial charge in [-0.15, -0.1) is 0 Å². The Balaban J connectivity index is 1.47. The van der Waals surface area contributed by atoms with Gasteiger partial charge in [0.2, 0.25) is 23.5 Å². The fourth-order valence-electron chi connectivity index (χ4n) is 2.20. The fourth-order valence-corrected chi connectivity index (χ4v) is 2.20. The number of carbonyl (C=O) groups is 2. The SMILES string of the molecule is CCOc1ccc(-c2noc(CCC(=O)NNC(=O)C3CC3)n2)cc1. The van der Waals surface area contributed by atoms with Gasteiger partial charge in [0.1, 0.15) is 5.75 Å². The minimum absolute atomic E-state index is 0.0490. The Morgan fingerprint density at radius 1 is 1.24 bits per heavy atom. The van der Waals surface area contributed by atoms with Crippen LogP contribution in [0.15, 0.2) is 28.8 Å². The average molecular weight is 344 g/mol. The molecule has 2 aromatic rings. The zero-order valence-electron chi connectivity index (χ0n) is 13.9. The van der Waals surface area contributed by atoms with Gasteiger partial charge in [0.25, 0.3) is 0 Å². The molecule has 2 amide bonds. The van der Waals surface area contributed by atoms with E-state index in [1.165, 1.54) is 0 Å². The van der Waals surface area contributed by atoms with Gasteiger partial charge in [0.15, 0.2) is 0 Å². The van der Waals surface area contributed by atoms with Crippen molar-refractivity contribution in [2.75, 3.05) is 6.61 Å². The van der Waals surface area contributed by atoms with Crippen LogP contribution in [0, 0.1) is 5.92 Å². The Morgan fingerprint density at radius 3 is 2.68 bits per heavy atom. The zero-order valence-corrected chi connectivity index (χ0v) is 13.9. The van der Waals surface area contributed by atoms with E-state index >= 15 is 0 Å². The molecule has 0 saturated heterocycles. The molecule has 1 fully saturated rings. The van der Waals surface area contributed by atoms with Crippen molar-refractivity contribution in [2.24, 2.45) is 5.92 Å². The monoisotopic (exact) mass is 344 g/mol. The average Bonchev–Trinajstić information content (AvgIpc) is 3.37. The van der Waals surface area contributed by atoms with Gasteiger partial charge < -0.3 is 9.26 Å². The van der Waals surface area contributed by atoms with Gasteiger partial charge in [-0.2, -0.15) is 4.98 Å². The summed E-state index contributed by atoms with van der Waals surface area (Å²) >= 11 is 0. The molecule has 1 aliphatic carbocycles. The topological polar surface area (TPSA) is 106 Å². The molecule has 132 valence electrons. The first-order valence-corrected chi connectivity index (χ1v) is 8.30. The Labute approximate surface area is 144 Å². The molecule has 1 saturated carbocycles. The van der Waals surface area contributed by atoms with Crippen molar-refractivity contribution >= 4 is 11.8 Å². The number of hydrazine groups is 1. The molecule has 0 spiro atoms. The highest BCUT2D eigenvalue weighted by Gasteiger charge is 2.29. The van der Waals surface area contributed by atoms with Gasteiger partial charge in [0.05, 0.1) is 6.61 Å². The van der Waals surface area contributed by atoms with Crippen molar-refractivity contribution < 1.29 is 18.8 Å². The van der Waals surface area contributed by atoms with Crippen LogP contribution in [0.1, 0.15) is 32.1 Å². The van der Waals surface area contributed by atoms with Crippen LogP contribution >= 0.6 is 0 Å². The van der Waals surface area contributed by atoms with Gasteiger partial charge in [-0.3, -0.25) is 20.4 Å². The molecule has 8 heteroatoms. The number of nitrogens with one attached hydrogen (secondary N) is 2. The van der Waals surface area contributed by atoms with Gasteiger partial charge >= 0.3 is 0 Å². The number of hydrogen-bond acceptors (Lipinski definition) is 6. The van der Waals surface area contributed by atoms with Crippen LogP contribution < -0.4 is 15.6 Å². The zero-order chi connectivity index (χ0) is 17.6. The lowest BCUT2D eigenvalue weighted by Gasteiger charge is -2.05. The van der Waals surface area contributed by atoms with Crippen LogP contribution in [0.3, 0.4) is 0 Å². The molecule has 1 aromatic carbocycles. The van der Waals surface area contributed by atoms with Crippen molar-refractivity contribution in [1.29, 1.82) is 0 Å². The predicted octanol–water partition coefficient (Wildman–Crippen LogP) is 1.63. The Morgan fingerprint density at radius 2 is 2.00 bits per heavy atom. The lowest BCUT2D eigenvalue weighted by molar-refractivity contribution is -0.129. The molecule has 3 rings (SSSR count). The maximum Gasteiger partial charge on any atom is 0.241 e. The summed E-state index contributed by atoms with van der Waals surface area (Å²) in [5, 5.41) is 3.92. The third kappa shape index (κ3) is 4.79. The summed E-state index contributed by atoms with van der Waals surface area (Å²) in [7, 11) is 0. The first-order chi connectivity index (χ1) is 12.2. The molecule has 0 aliphatic heterocycles. The molecule has 0 atom stereocenters. The number of ether oxygens (including phenoxy) is 1. The summed E-state index contributed by atoms with van der Waals surface area (Å²) in [6.45, 7) is 2.53. The number of nitrogens with zero attached hydrogens (tertiary/aromatic N) is 2. The largest absolute Gasteiger partial charge is 0.494 e. The van der Waals surface area contributed by atoms with Crippen molar-refractivity contribution in [2.45, 2.75) is 32.6 Å². The van der Waals surface area contributed by atoms with E-state index < -0.39 is 0 Å². The van der Waals surface area contributed by atoms with Crippen LogP contribution in [0.2, 0.25) is 0 Å². The number of benzene rings is 1. The Hall–Kier alpha value is -2.90. The highest BCUT2D eigenvalue weighted by atomic mass is 16.5. The molecule has 8 nitrogen and oxygen atoms in total. The lowest BCUT2D eigenvalue weighted by Crippen LogP contribution is -2.42. The molecule has 1 aliphatic rings. The van der Waals surface area contributed by atoms with Crippen LogP contribution in [0.4, 0.5) is 0 Å². The van der Waals surface area contributed by atoms with Crippen molar-refractivity contribution in [3.8, 4) is 17.1 Å². The fraction of sp³-hybridized carbons (Fsp3) is 0.412. The number of aryl methyl sites for hydroxylation is 1. The van der Waals surface area contributed by atoms with E-state index in [9.17, 15) is 9.59 Å². The van der Waals surface area contributed by atoms with Crippen LogP contribution in [-0.2, 0) is 16.0 Å². The molecule has 0 radical (unpaired) electrons. The minimum atomic E-state index is -0.296. The predicted molar refractivity (Wildman–Crippen MR) is 88.2 cm³/mol. The van der Waals surface area contributed by atoms with E-state index in [4.69, 9.17) is 9.26 Å². The van der Waals surface area contributed by atoms with Crippen LogP contribution in [0.5, 0.6) is 5.75 Å². The molecule has 0 bridgehead atoms. The van der Waals surface area contributed by atoms with Crippen molar-refractivity contribution in [1.82, 2.24) is 21.0 Å². The van der Waals surface area contributed by atoms with E-state index in [0.29, 0.717) is 24.7 Å². The van der Waals surface area contributed by atoms with Crippen LogP contribution in [0.25, 0.3) is 11.4 Å². The highest BCUT2D eigenvalue weighted by Crippen LogP contribution is 2.28. The molecule has 0 unspecified atom stereocenters. The maximum atomic E-state index is 11.7. The second-order valence-electron chi connectivity index (χ2n) is 5.78. The molecular formula is C17H20N4O4. The number of aromatic nitrogens is 2. The minimum Gasteiger partial charge on any atom is -0.494 e. The summed E-state index contributed by atoms with van der Waals surface area (Å²) in [6.07, 6.45) is 2.22. The maximum absolute atomic E-state index is 11.7. The Bertz CT molecular complexity index is 737. The van der Waals surface area contributed by atoms with Gasteiger partial charge in [-0.05, 0) is 44.0 Å². The first-order valence-electron chi connectivity index (χ1n) is 8.30. The summed E-state index contributed by atoms with van der Waals surface area (Å²) in [5.41, 5.74) is 5.60. The van der Waals surface area contributed by atoms with Crippen LogP contribution in [-0.4, -0.2) is 28.6 Å².